The van der Waals surface area contributed by atoms with Crippen molar-refractivity contribution in [3.63, 3.8) is 0 Å². The number of nitrogens with two attached hydrogens (primary N) is 1. The summed E-state index contributed by atoms with van der Waals surface area (Å²) in [4.78, 5) is 10.7. The lowest BCUT2D eigenvalue weighted by atomic mass is 10.1. The average Bonchev–Trinajstić information content (AvgIpc) is 2.48. The molecule has 14 heavy (non-hydrogen) atoms. The molecule has 0 unspecified atom stereocenters. The highest BCUT2D eigenvalue weighted by Crippen LogP contribution is 2.34. The Bertz CT molecular complexity index is 521. The number of halogens is 1. The summed E-state index contributed by atoms with van der Waals surface area (Å²) >= 11 is 7.30. The molecule has 0 radical (unpaired) electrons. The Morgan fingerprint density at radius 3 is 2.86 bits per heavy atom. The van der Waals surface area contributed by atoms with E-state index >= 15 is 0 Å². The summed E-state index contributed by atoms with van der Waals surface area (Å²) in [7, 11) is 0. The Morgan fingerprint density at radius 2 is 2.21 bits per heavy atom. The number of hydrogen-bond donors (Lipinski definition) is 2. The fourth-order valence-electron chi connectivity index (χ4n) is 1.26. The highest BCUT2D eigenvalue weighted by molar-refractivity contribution is 7.18. The maximum atomic E-state index is 10.7. The van der Waals surface area contributed by atoms with Gasteiger partial charge in [0.25, 0.3) is 0 Å². The van der Waals surface area contributed by atoms with E-state index in [1.54, 1.807) is 11.4 Å². The summed E-state index contributed by atoms with van der Waals surface area (Å²) in [6.07, 6.45) is 0. The first-order valence-corrected chi connectivity index (χ1v) is 5.05. The summed E-state index contributed by atoms with van der Waals surface area (Å²) in [6, 6.07) is 2.99. The second-order valence-electron chi connectivity index (χ2n) is 2.83. The first-order valence-electron chi connectivity index (χ1n) is 3.79. The number of rotatable bonds is 1. The van der Waals surface area contributed by atoms with Crippen LogP contribution in [0, 0.1) is 0 Å². The molecular weight excluding hydrogens is 222 g/mol. The number of anilines is 1. The first kappa shape index (κ1) is 9.30. The molecule has 0 saturated carbocycles. The zero-order valence-electron chi connectivity index (χ0n) is 6.95. The quantitative estimate of drug-likeness (QED) is 0.788. The predicted octanol–water partition coefficient (Wildman–Crippen LogP) is 2.84. The third-order valence-corrected chi connectivity index (χ3v) is 3.15. The second kappa shape index (κ2) is 3.15. The molecule has 0 aliphatic rings. The van der Waals surface area contributed by atoms with Gasteiger partial charge in [-0.2, -0.15) is 0 Å². The number of benzene rings is 1. The number of hydrogen-bond acceptors (Lipinski definition) is 3. The summed E-state index contributed by atoms with van der Waals surface area (Å²) < 4.78 is 0.799. The summed E-state index contributed by atoms with van der Waals surface area (Å²) in [5, 5.41) is 11.7. The van der Waals surface area contributed by atoms with E-state index in [0.717, 1.165) is 10.1 Å². The molecule has 0 aliphatic carbocycles. The fraction of sp³-hybridized carbons (Fsp3) is 0. The topological polar surface area (TPSA) is 63.3 Å². The number of nitrogen functional groups attached to an aromatic ring is 1. The van der Waals surface area contributed by atoms with E-state index in [4.69, 9.17) is 22.4 Å². The van der Waals surface area contributed by atoms with Crippen molar-refractivity contribution in [2.24, 2.45) is 0 Å². The summed E-state index contributed by atoms with van der Waals surface area (Å²) in [5.74, 6) is -0.985. The van der Waals surface area contributed by atoms with Gasteiger partial charge in [0.2, 0.25) is 0 Å². The van der Waals surface area contributed by atoms with Gasteiger partial charge in [-0.1, -0.05) is 11.6 Å². The number of fused-ring (bicyclic) bond motifs is 1. The van der Waals surface area contributed by atoms with Gasteiger partial charge in [-0.15, -0.1) is 11.3 Å². The molecule has 1 aromatic heterocycles. The van der Waals surface area contributed by atoms with Gasteiger partial charge >= 0.3 is 5.97 Å². The number of aromatic carboxylic acids is 1. The third-order valence-electron chi connectivity index (χ3n) is 1.90. The highest BCUT2D eigenvalue weighted by atomic mass is 35.5. The van der Waals surface area contributed by atoms with Crippen LogP contribution >= 0.6 is 22.9 Å². The van der Waals surface area contributed by atoms with Crippen LogP contribution in [0.2, 0.25) is 5.02 Å². The minimum Gasteiger partial charge on any atom is -0.478 e. The summed E-state index contributed by atoms with van der Waals surface area (Å²) in [5.41, 5.74) is 6.46. The van der Waals surface area contributed by atoms with E-state index in [2.05, 4.69) is 0 Å². The van der Waals surface area contributed by atoms with Crippen molar-refractivity contribution >= 4 is 44.7 Å². The lowest BCUT2D eigenvalue weighted by Crippen LogP contribution is -1.95. The van der Waals surface area contributed by atoms with E-state index in [1.165, 1.54) is 17.4 Å². The van der Waals surface area contributed by atoms with Crippen molar-refractivity contribution in [2.75, 3.05) is 5.73 Å². The van der Waals surface area contributed by atoms with Crippen LogP contribution in [-0.2, 0) is 0 Å². The molecular formula is C9H6ClNO2S. The minimum absolute atomic E-state index is 0.185. The maximum absolute atomic E-state index is 10.7. The van der Waals surface area contributed by atoms with Gasteiger partial charge in [0.1, 0.15) is 0 Å². The molecule has 0 atom stereocenters. The molecule has 3 N–H and O–H groups in total. The Balaban J connectivity index is 2.80. The van der Waals surface area contributed by atoms with Crippen LogP contribution < -0.4 is 5.73 Å². The van der Waals surface area contributed by atoms with Crippen molar-refractivity contribution in [3.05, 3.63) is 28.1 Å². The van der Waals surface area contributed by atoms with E-state index in [-0.39, 0.29) is 5.56 Å². The Morgan fingerprint density at radius 1 is 1.50 bits per heavy atom. The Kier molecular flexibility index (Phi) is 2.09. The second-order valence-corrected chi connectivity index (χ2v) is 4.15. The van der Waals surface area contributed by atoms with Crippen LogP contribution in [0.15, 0.2) is 17.5 Å². The summed E-state index contributed by atoms with van der Waals surface area (Å²) in [6.45, 7) is 0. The van der Waals surface area contributed by atoms with E-state index in [9.17, 15) is 4.79 Å². The molecule has 3 nitrogen and oxygen atoms in total. The van der Waals surface area contributed by atoms with Gasteiger partial charge in [-0.25, -0.2) is 4.79 Å². The largest absolute Gasteiger partial charge is 0.478 e. The van der Waals surface area contributed by atoms with Crippen LogP contribution in [0.5, 0.6) is 0 Å². The fourth-order valence-corrected chi connectivity index (χ4v) is 2.56. The normalized spacial score (nSPS) is 10.6. The predicted molar refractivity (Wildman–Crippen MR) is 58.2 cm³/mol. The average molecular weight is 228 g/mol. The number of carboxylic acids is 1. The van der Waals surface area contributed by atoms with Crippen molar-refractivity contribution in [2.45, 2.75) is 0 Å². The standard InChI is InChI=1S/C9H6ClNO2S/c10-5-1-4(9(12)13)2-7-8(5)6(11)3-14-7/h1-3H,11H2,(H,12,13). The SMILES string of the molecule is Nc1csc2cc(C(=O)O)cc(Cl)c12. The van der Waals surface area contributed by atoms with E-state index in [0.29, 0.717) is 10.7 Å². The van der Waals surface area contributed by atoms with Crippen LogP contribution in [0.3, 0.4) is 0 Å². The molecule has 0 amide bonds. The Labute approximate surface area is 88.7 Å². The van der Waals surface area contributed by atoms with Gasteiger partial charge in [-0.3, -0.25) is 0 Å². The molecule has 0 saturated heterocycles. The molecule has 2 aromatic rings. The zero-order chi connectivity index (χ0) is 10.3. The molecule has 1 aromatic carbocycles. The van der Waals surface area contributed by atoms with E-state index < -0.39 is 5.97 Å². The smallest absolute Gasteiger partial charge is 0.335 e. The van der Waals surface area contributed by atoms with Crippen LogP contribution in [-0.4, -0.2) is 11.1 Å². The highest BCUT2D eigenvalue weighted by Gasteiger charge is 2.10. The van der Waals surface area contributed by atoms with Gasteiger partial charge in [0.05, 0.1) is 16.3 Å². The van der Waals surface area contributed by atoms with Crippen molar-refractivity contribution in [3.8, 4) is 0 Å². The Hall–Kier alpha value is -1.26. The number of carboxylic acid groups (broad SMARTS) is 1. The van der Waals surface area contributed by atoms with Crippen LogP contribution in [0.25, 0.3) is 10.1 Å². The molecule has 1 heterocycles. The molecule has 5 heteroatoms. The van der Waals surface area contributed by atoms with E-state index in [1.807, 2.05) is 0 Å². The molecule has 2 rings (SSSR count). The zero-order valence-corrected chi connectivity index (χ0v) is 8.52. The number of thiophene rings is 1. The van der Waals surface area contributed by atoms with Crippen LogP contribution in [0.1, 0.15) is 10.4 Å². The van der Waals surface area contributed by atoms with Gasteiger partial charge < -0.3 is 10.8 Å². The minimum atomic E-state index is -0.985. The molecule has 0 fully saturated rings. The third kappa shape index (κ3) is 1.32. The van der Waals surface area contributed by atoms with Crippen molar-refractivity contribution in [1.29, 1.82) is 0 Å². The monoisotopic (exact) mass is 227 g/mol. The van der Waals surface area contributed by atoms with Crippen LogP contribution in [0.4, 0.5) is 5.69 Å². The number of carbonyl (C=O) groups is 1. The van der Waals surface area contributed by atoms with Gasteiger partial charge in [0, 0.05) is 15.5 Å². The first-order chi connectivity index (χ1) is 6.59. The molecule has 0 aliphatic heterocycles. The lowest BCUT2D eigenvalue weighted by molar-refractivity contribution is 0.0697. The van der Waals surface area contributed by atoms with Gasteiger partial charge in [0.15, 0.2) is 0 Å². The van der Waals surface area contributed by atoms with Crippen molar-refractivity contribution < 1.29 is 9.90 Å². The van der Waals surface area contributed by atoms with Crippen molar-refractivity contribution in [1.82, 2.24) is 0 Å². The maximum Gasteiger partial charge on any atom is 0.335 e. The van der Waals surface area contributed by atoms with Gasteiger partial charge in [-0.05, 0) is 12.1 Å². The molecule has 0 bridgehead atoms. The molecule has 0 spiro atoms. The molecule has 72 valence electrons. The lowest BCUT2D eigenvalue weighted by Gasteiger charge is -1.98.